The van der Waals surface area contributed by atoms with Crippen molar-refractivity contribution in [2.75, 3.05) is 5.32 Å². The quantitative estimate of drug-likeness (QED) is 0.805. The minimum Gasteiger partial charge on any atom is -0.360 e. The van der Waals surface area contributed by atoms with Gasteiger partial charge >= 0.3 is 0 Å². The summed E-state index contributed by atoms with van der Waals surface area (Å²) < 4.78 is 2.69. The van der Waals surface area contributed by atoms with Crippen molar-refractivity contribution in [1.82, 2.24) is 19.6 Å². The van der Waals surface area contributed by atoms with Crippen LogP contribution < -0.4 is 5.32 Å². The third-order valence-electron chi connectivity index (χ3n) is 2.87. The number of nitrogens with one attached hydrogen (secondary N) is 1. The van der Waals surface area contributed by atoms with Crippen LogP contribution in [0.3, 0.4) is 0 Å². The van der Waals surface area contributed by atoms with Crippen LogP contribution in [0.25, 0.3) is 5.65 Å². The molecular formula is C12H12ClN5S. The highest BCUT2D eigenvalue weighted by molar-refractivity contribution is 7.16. The second-order valence-corrected chi connectivity index (χ2v) is 5.97. The molecule has 3 aromatic rings. The van der Waals surface area contributed by atoms with Gasteiger partial charge in [-0.2, -0.15) is 0 Å². The molecule has 0 saturated heterocycles. The second-order valence-electron chi connectivity index (χ2n) is 4.22. The predicted molar refractivity (Wildman–Crippen MR) is 76.9 cm³/mol. The molecule has 0 bridgehead atoms. The number of fused-ring (bicyclic) bond motifs is 1. The van der Waals surface area contributed by atoms with E-state index in [1.54, 1.807) is 17.5 Å². The highest BCUT2D eigenvalue weighted by Gasteiger charge is 2.13. The lowest BCUT2D eigenvalue weighted by atomic mass is 10.3. The molecule has 0 saturated carbocycles. The van der Waals surface area contributed by atoms with Gasteiger partial charge in [-0.3, -0.25) is 4.40 Å². The summed E-state index contributed by atoms with van der Waals surface area (Å²) in [5.41, 5.74) is 0.731. The second kappa shape index (κ2) is 4.79. The van der Waals surface area contributed by atoms with Gasteiger partial charge in [0.1, 0.15) is 5.82 Å². The van der Waals surface area contributed by atoms with Crippen LogP contribution in [-0.4, -0.2) is 19.6 Å². The van der Waals surface area contributed by atoms with Crippen molar-refractivity contribution in [3.05, 3.63) is 39.6 Å². The zero-order chi connectivity index (χ0) is 13.4. The van der Waals surface area contributed by atoms with E-state index in [0.717, 1.165) is 26.5 Å². The summed E-state index contributed by atoms with van der Waals surface area (Å²) in [7, 11) is 0. The van der Waals surface area contributed by atoms with Crippen molar-refractivity contribution in [2.45, 2.75) is 19.9 Å². The van der Waals surface area contributed by atoms with Crippen molar-refractivity contribution < 1.29 is 0 Å². The molecule has 0 aliphatic heterocycles. The number of halogens is 1. The van der Waals surface area contributed by atoms with E-state index in [9.17, 15) is 0 Å². The molecule has 1 unspecified atom stereocenters. The predicted octanol–water partition coefficient (Wildman–Crippen LogP) is 3.32. The molecule has 3 rings (SSSR count). The Hall–Kier alpha value is -1.66. The van der Waals surface area contributed by atoms with Crippen LogP contribution in [0.4, 0.5) is 5.82 Å². The van der Waals surface area contributed by atoms with Gasteiger partial charge in [0.15, 0.2) is 5.82 Å². The van der Waals surface area contributed by atoms with Gasteiger partial charge < -0.3 is 5.32 Å². The number of anilines is 1. The Morgan fingerprint density at radius 1 is 1.37 bits per heavy atom. The largest absolute Gasteiger partial charge is 0.360 e. The van der Waals surface area contributed by atoms with Crippen LogP contribution in [0.5, 0.6) is 0 Å². The smallest absolute Gasteiger partial charge is 0.203 e. The summed E-state index contributed by atoms with van der Waals surface area (Å²) in [6, 6.07) is 4.03. The van der Waals surface area contributed by atoms with Crippen molar-refractivity contribution in [3.63, 3.8) is 0 Å². The first kappa shape index (κ1) is 12.4. The molecule has 0 fully saturated rings. The van der Waals surface area contributed by atoms with Gasteiger partial charge in [0, 0.05) is 17.3 Å². The van der Waals surface area contributed by atoms with Crippen molar-refractivity contribution in [1.29, 1.82) is 0 Å². The van der Waals surface area contributed by atoms with Gasteiger partial charge in [0.05, 0.1) is 10.4 Å². The van der Waals surface area contributed by atoms with Gasteiger partial charge in [-0.1, -0.05) is 11.6 Å². The zero-order valence-corrected chi connectivity index (χ0v) is 12.0. The maximum absolute atomic E-state index is 5.95. The van der Waals surface area contributed by atoms with Gasteiger partial charge in [-0.25, -0.2) is 4.98 Å². The number of hydrogen-bond donors (Lipinski definition) is 1. The molecule has 1 N–H and O–H groups in total. The maximum Gasteiger partial charge on any atom is 0.203 e. The van der Waals surface area contributed by atoms with Crippen LogP contribution in [-0.2, 0) is 0 Å². The fourth-order valence-corrected chi connectivity index (χ4v) is 2.94. The van der Waals surface area contributed by atoms with Gasteiger partial charge in [-0.05, 0) is 26.0 Å². The minimum absolute atomic E-state index is 0.119. The normalized spacial score (nSPS) is 12.8. The number of rotatable bonds is 3. The standard InChI is InChI=1S/C12H12ClN5S/c1-7(9-3-4-10(13)19-9)15-11-12-17-16-8(2)18(12)6-5-14-11/h3-7H,1-2H3,(H,14,15). The average Bonchev–Trinajstić information content (AvgIpc) is 2.98. The maximum atomic E-state index is 5.95. The molecule has 19 heavy (non-hydrogen) atoms. The van der Waals surface area contributed by atoms with E-state index in [-0.39, 0.29) is 6.04 Å². The monoisotopic (exact) mass is 293 g/mol. The van der Waals surface area contributed by atoms with Crippen LogP contribution in [0, 0.1) is 6.92 Å². The number of hydrogen-bond acceptors (Lipinski definition) is 5. The molecule has 5 nitrogen and oxygen atoms in total. The Kier molecular flexibility index (Phi) is 3.12. The molecule has 3 heterocycles. The highest BCUT2D eigenvalue weighted by atomic mass is 35.5. The van der Waals surface area contributed by atoms with E-state index in [2.05, 4.69) is 27.4 Å². The lowest BCUT2D eigenvalue weighted by Gasteiger charge is -2.12. The molecular weight excluding hydrogens is 282 g/mol. The molecule has 0 amide bonds. The molecule has 3 aromatic heterocycles. The first-order valence-corrected chi connectivity index (χ1v) is 7.02. The van der Waals surface area contributed by atoms with E-state index in [4.69, 9.17) is 11.6 Å². The number of thiophene rings is 1. The lowest BCUT2D eigenvalue weighted by molar-refractivity contribution is 0.892. The average molecular weight is 294 g/mol. The van der Waals surface area contributed by atoms with Crippen LogP contribution in [0.2, 0.25) is 4.34 Å². The summed E-state index contributed by atoms with van der Waals surface area (Å²) in [4.78, 5) is 5.49. The summed E-state index contributed by atoms with van der Waals surface area (Å²) >= 11 is 7.51. The topological polar surface area (TPSA) is 55.1 Å². The molecule has 0 aromatic carbocycles. The number of aromatic nitrogens is 4. The van der Waals surface area contributed by atoms with Crippen LogP contribution in [0.15, 0.2) is 24.5 Å². The third kappa shape index (κ3) is 2.29. The fraction of sp³-hybridized carbons (Fsp3) is 0.250. The van der Waals surface area contributed by atoms with Crippen molar-refractivity contribution in [3.8, 4) is 0 Å². The van der Waals surface area contributed by atoms with Gasteiger partial charge in [-0.15, -0.1) is 21.5 Å². The highest BCUT2D eigenvalue weighted by Crippen LogP contribution is 2.29. The van der Waals surface area contributed by atoms with Crippen LogP contribution in [0.1, 0.15) is 23.7 Å². The summed E-state index contributed by atoms with van der Waals surface area (Å²) in [6.45, 7) is 3.98. The Morgan fingerprint density at radius 2 is 2.21 bits per heavy atom. The van der Waals surface area contributed by atoms with E-state index in [1.165, 1.54) is 0 Å². The summed E-state index contributed by atoms with van der Waals surface area (Å²) in [5, 5.41) is 11.5. The van der Waals surface area contributed by atoms with E-state index >= 15 is 0 Å². The van der Waals surface area contributed by atoms with Crippen molar-refractivity contribution >= 4 is 34.4 Å². The Morgan fingerprint density at radius 3 is 2.95 bits per heavy atom. The molecule has 98 valence electrons. The zero-order valence-electron chi connectivity index (χ0n) is 10.5. The molecule has 0 aliphatic carbocycles. The SMILES string of the molecule is Cc1nnc2c(NC(C)c3ccc(Cl)s3)nccn12. The van der Waals surface area contributed by atoms with E-state index in [1.807, 2.05) is 29.7 Å². The summed E-state index contributed by atoms with van der Waals surface area (Å²) in [5.74, 6) is 1.56. The molecule has 7 heteroatoms. The Bertz CT molecular complexity index is 720. The third-order valence-corrected chi connectivity index (χ3v) is 4.29. The van der Waals surface area contributed by atoms with E-state index in [0.29, 0.717) is 0 Å². The first-order valence-electron chi connectivity index (χ1n) is 5.83. The number of nitrogens with zero attached hydrogens (tertiary/aromatic N) is 4. The van der Waals surface area contributed by atoms with E-state index < -0.39 is 0 Å². The minimum atomic E-state index is 0.119. The number of aryl methyl sites for hydroxylation is 1. The Balaban J connectivity index is 1.93. The van der Waals surface area contributed by atoms with Crippen molar-refractivity contribution in [2.24, 2.45) is 0 Å². The molecule has 1 atom stereocenters. The first-order chi connectivity index (χ1) is 9.15. The van der Waals surface area contributed by atoms with Gasteiger partial charge in [0.25, 0.3) is 0 Å². The van der Waals surface area contributed by atoms with Gasteiger partial charge in [0.2, 0.25) is 5.65 Å². The van der Waals surface area contributed by atoms with Crippen LogP contribution >= 0.6 is 22.9 Å². The molecule has 0 radical (unpaired) electrons. The summed E-state index contributed by atoms with van der Waals surface area (Å²) in [6.07, 6.45) is 3.59. The molecule has 0 aliphatic rings. The fourth-order valence-electron chi connectivity index (χ4n) is 1.88. The molecule has 0 spiro atoms. The lowest BCUT2D eigenvalue weighted by Crippen LogP contribution is -2.08. The Labute approximate surface area is 119 Å².